The highest BCUT2D eigenvalue weighted by Crippen LogP contribution is 2.77. The van der Waals surface area contributed by atoms with Gasteiger partial charge in [0.25, 0.3) is 0 Å². The van der Waals surface area contributed by atoms with Crippen LogP contribution >= 0.6 is 0 Å². The molecule has 2 unspecified atom stereocenters. The van der Waals surface area contributed by atoms with Gasteiger partial charge in [-0.1, -0.05) is 13.8 Å². The second-order valence-electron chi connectivity index (χ2n) is 5.91. The second-order valence-corrected chi connectivity index (χ2v) is 18.1. The summed E-state index contributed by atoms with van der Waals surface area (Å²) in [6, 6.07) is 0. The minimum absolute atomic E-state index is 0.0440. The third-order valence-electron chi connectivity index (χ3n) is 5.16. The lowest BCUT2D eigenvalue weighted by atomic mass is 10.2. The summed E-state index contributed by atoms with van der Waals surface area (Å²) in [5.74, 6) is 0. The summed E-state index contributed by atoms with van der Waals surface area (Å²) in [5.41, 5.74) is -0.421. The van der Waals surface area contributed by atoms with Gasteiger partial charge >= 0.3 is 35.2 Å². The fourth-order valence-corrected chi connectivity index (χ4v) is 27.0. The molecule has 5 rings (SSSR count). The number of hydrogen-bond acceptors (Lipinski definition) is 8. The average molecular weight is 355 g/mol. The Kier molecular flexibility index (Phi) is 2.63. The molecule has 8 nitrogen and oxygen atoms in total. The molecule has 114 valence electrons. The van der Waals surface area contributed by atoms with Gasteiger partial charge in [-0.3, -0.25) is 0 Å². The number of hydrogen-bond donors (Lipinski definition) is 2. The Hall–Kier alpha value is 0.548. The zero-order chi connectivity index (χ0) is 14.6. The molecule has 0 saturated carbocycles. The van der Waals surface area contributed by atoms with Crippen molar-refractivity contribution in [3.05, 3.63) is 0 Å². The molecular weight excluding hydrogens is 336 g/mol. The third-order valence-corrected chi connectivity index (χ3v) is 22.9. The highest BCUT2D eigenvalue weighted by atomic mass is 28.6. The van der Waals surface area contributed by atoms with Crippen LogP contribution in [-0.4, -0.2) is 59.0 Å². The average Bonchev–Trinajstić information content (AvgIpc) is 2.93. The molecule has 0 aromatic carbocycles. The van der Waals surface area contributed by atoms with E-state index in [1.165, 1.54) is 14.2 Å². The smallest absolute Gasteiger partial charge is 0.390 e. The van der Waals surface area contributed by atoms with E-state index in [-0.39, 0.29) is 22.2 Å². The molecule has 20 heavy (non-hydrogen) atoms. The van der Waals surface area contributed by atoms with Gasteiger partial charge < -0.3 is 34.9 Å². The van der Waals surface area contributed by atoms with Gasteiger partial charge in [0, 0.05) is 36.4 Å². The fourth-order valence-electron chi connectivity index (χ4n) is 4.07. The van der Waals surface area contributed by atoms with Crippen molar-refractivity contribution in [1.82, 2.24) is 0 Å². The van der Waals surface area contributed by atoms with Crippen molar-refractivity contribution < 1.29 is 34.9 Å². The Morgan fingerprint density at radius 3 is 1.40 bits per heavy atom. The summed E-state index contributed by atoms with van der Waals surface area (Å²) in [6.07, 6.45) is 0. The lowest BCUT2D eigenvalue weighted by molar-refractivity contribution is 0.0627. The molecule has 5 fully saturated rings. The summed E-state index contributed by atoms with van der Waals surface area (Å²) < 4.78 is 34.1. The second kappa shape index (κ2) is 3.71. The zero-order valence-corrected chi connectivity index (χ0v) is 15.7. The van der Waals surface area contributed by atoms with Crippen molar-refractivity contribution in [2.24, 2.45) is 0 Å². The van der Waals surface area contributed by atoms with E-state index >= 15 is 0 Å². The summed E-state index contributed by atoms with van der Waals surface area (Å²) >= 11 is 0. The van der Waals surface area contributed by atoms with Crippen LogP contribution in [0.15, 0.2) is 0 Å². The van der Waals surface area contributed by atoms with Gasteiger partial charge in [0.05, 0.1) is 0 Å². The van der Waals surface area contributed by atoms with E-state index < -0.39 is 35.2 Å². The van der Waals surface area contributed by atoms with Crippen molar-refractivity contribution >= 4 is 35.2 Å². The molecule has 6 atom stereocenters. The van der Waals surface area contributed by atoms with Crippen LogP contribution in [0.3, 0.4) is 0 Å². The quantitative estimate of drug-likeness (QED) is 0.650. The van der Waals surface area contributed by atoms with Gasteiger partial charge in [0.15, 0.2) is 0 Å². The van der Waals surface area contributed by atoms with Crippen LogP contribution in [0.4, 0.5) is 0 Å². The van der Waals surface area contributed by atoms with E-state index in [4.69, 9.17) is 25.3 Å². The lowest BCUT2D eigenvalue weighted by Crippen LogP contribution is -2.69. The Morgan fingerprint density at radius 1 is 0.750 bits per heavy atom. The van der Waals surface area contributed by atoms with Gasteiger partial charge in [-0.05, 0) is 0 Å². The summed E-state index contributed by atoms with van der Waals surface area (Å²) in [7, 11) is -9.38. The van der Waals surface area contributed by atoms with Gasteiger partial charge in [-0.15, -0.1) is 0 Å². The summed E-state index contributed by atoms with van der Waals surface area (Å²) in [5, 5.41) is 0. The maximum Gasteiger partial charge on any atom is 0.493 e. The Balaban J connectivity index is 1.74. The van der Waals surface area contributed by atoms with Crippen LogP contribution in [0, 0.1) is 0 Å². The van der Waals surface area contributed by atoms with Gasteiger partial charge in [0.2, 0.25) is 0 Å². The predicted octanol–water partition coefficient (Wildman–Crippen LogP) is -0.339. The highest BCUT2D eigenvalue weighted by Gasteiger charge is 2.96. The SMILES string of the molecule is CO[Si]1(O)O[Si]23O[Si]4(O[Si](O)(OC)[C@@H](C)[C@H]4[C@H]2[C@H]1C)O3. The fraction of sp³-hybridized carbons (Fsp3) is 1.00. The van der Waals surface area contributed by atoms with Crippen molar-refractivity contribution in [2.75, 3.05) is 14.2 Å². The van der Waals surface area contributed by atoms with E-state index in [1.54, 1.807) is 0 Å². The molecule has 2 bridgehead atoms. The minimum atomic E-state index is -3.27. The van der Waals surface area contributed by atoms with Crippen molar-refractivity contribution in [3.8, 4) is 0 Å². The molecule has 0 radical (unpaired) electrons. The van der Waals surface area contributed by atoms with Crippen molar-refractivity contribution in [2.45, 2.75) is 36.0 Å². The molecular formula is C8H18O8Si4. The van der Waals surface area contributed by atoms with E-state index in [9.17, 15) is 9.59 Å². The van der Waals surface area contributed by atoms with Gasteiger partial charge in [-0.25, -0.2) is 0 Å². The minimum Gasteiger partial charge on any atom is -0.390 e. The largest absolute Gasteiger partial charge is 0.493 e. The molecule has 12 heteroatoms. The van der Waals surface area contributed by atoms with Crippen molar-refractivity contribution in [1.29, 1.82) is 0 Å². The molecule has 0 aromatic heterocycles. The van der Waals surface area contributed by atoms with Crippen LogP contribution in [0.25, 0.3) is 0 Å². The molecule has 2 N–H and O–H groups in total. The maximum absolute atomic E-state index is 10.5. The predicted molar refractivity (Wildman–Crippen MR) is 72.2 cm³/mol. The van der Waals surface area contributed by atoms with Crippen LogP contribution in [0.1, 0.15) is 13.8 Å². The van der Waals surface area contributed by atoms with Gasteiger partial charge in [0.1, 0.15) is 0 Å². The molecule has 5 saturated heterocycles. The first kappa shape index (κ1) is 14.2. The topological polar surface area (TPSA) is 95.8 Å². The van der Waals surface area contributed by atoms with Crippen LogP contribution < -0.4 is 0 Å². The van der Waals surface area contributed by atoms with E-state index in [2.05, 4.69) is 0 Å². The standard InChI is InChI=1S/C8H18O8Si4/c1-5-7-8-6(2)18(10,12-4)14-20(8)15-19(7,16-20)13-17(5,9)11-3/h5-10H,1-4H3/t5-,6+,7-,8+,17?,18?,19?,20?. The van der Waals surface area contributed by atoms with Crippen LogP contribution in [-0.2, 0) is 25.3 Å². The molecule has 5 heterocycles. The number of rotatable bonds is 2. The monoisotopic (exact) mass is 354 g/mol. The van der Waals surface area contributed by atoms with E-state index in [0.29, 0.717) is 0 Å². The Labute approximate surface area is 121 Å². The van der Waals surface area contributed by atoms with Crippen molar-refractivity contribution in [3.63, 3.8) is 0 Å². The molecule has 0 aromatic rings. The molecule has 5 aliphatic heterocycles. The summed E-state index contributed by atoms with van der Waals surface area (Å²) in [4.78, 5) is 21.0. The first-order chi connectivity index (χ1) is 9.26. The first-order valence-electron chi connectivity index (χ1n) is 6.61. The van der Waals surface area contributed by atoms with Crippen LogP contribution in [0.5, 0.6) is 0 Å². The lowest BCUT2D eigenvalue weighted by Gasteiger charge is -2.42. The molecule has 0 aliphatic carbocycles. The summed E-state index contributed by atoms with van der Waals surface area (Å²) in [6.45, 7) is 3.83. The van der Waals surface area contributed by atoms with Crippen LogP contribution in [0.2, 0.25) is 22.2 Å². The normalized spacial score (nSPS) is 66.9. The molecule has 0 amide bonds. The molecule has 2 spiro atoms. The molecule has 5 aliphatic rings. The zero-order valence-electron chi connectivity index (χ0n) is 11.7. The van der Waals surface area contributed by atoms with E-state index in [0.717, 1.165) is 0 Å². The Morgan fingerprint density at radius 2 is 1.10 bits per heavy atom. The Bertz CT molecular complexity index is 433. The third kappa shape index (κ3) is 1.29. The van der Waals surface area contributed by atoms with E-state index in [1.807, 2.05) is 13.8 Å². The first-order valence-corrected chi connectivity index (χ1v) is 13.9. The highest BCUT2D eigenvalue weighted by molar-refractivity contribution is 7.04. The maximum atomic E-state index is 10.5. The van der Waals surface area contributed by atoms with Gasteiger partial charge in [-0.2, -0.15) is 0 Å².